The molecule has 5 atom stereocenters. The second-order valence-corrected chi connectivity index (χ2v) is 7.53. The van der Waals surface area contributed by atoms with E-state index in [9.17, 15) is 29.2 Å². The van der Waals surface area contributed by atoms with Crippen LogP contribution in [0.1, 0.15) is 22.8 Å². The highest BCUT2D eigenvalue weighted by molar-refractivity contribution is 6.31. The monoisotopic (exact) mass is 444 g/mol. The summed E-state index contributed by atoms with van der Waals surface area (Å²) in [6.07, 6.45) is -8.38. The van der Waals surface area contributed by atoms with Crippen molar-refractivity contribution in [2.45, 2.75) is 43.4 Å². The molecule has 0 bridgehead atoms. The summed E-state index contributed by atoms with van der Waals surface area (Å²) in [5, 5.41) is 40.1. The van der Waals surface area contributed by atoms with Crippen molar-refractivity contribution in [2.75, 3.05) is 13.2 Å². The number of halogens is 3. The molecule has 1 fully saturated rings. The van der Waals surface area contributed by atoms with Crippen molar-refractivity contribution in [2.24, 2.45) is 0 Å². The standard InChI is InChI=1S/C21H23ClF2O6/c22-15-6-3-12(21-20(28)19(27)18(26)16(9-25)30-21)8-13(15)7-11-1-4-14(5-2-11)29-10-17(23)24/h1-6,8,16-21,25-28H,7,9-10H2/t16?,18-,19?,20-,21?/m1/s1. The first kappa shape index (κ1) is 22.9. The van der Waals surface area contributed by atoms with Crippen LogP contribution in [0.5, 0.6) is 5.75 Å². The Hall–Kier alpha value is -1.81. The summed E-state index contributed by atoms with van der Waals surface area (Å²) in [7, 11) is 0. The quantitative estimate of drug-likeness (QED) is 0.522. The molecule has 2 aromatic carbocycles. The van der Waals surface area contributed by atoms with Gasteiger partial charge in [-0.3, -0.25) is 0 Å². The van der Waals surface area contributed by atoms with E-state index in [-0.39, 0.29) is 0 Å². The molecular formula is C21H23ClF2O6. The first-order valence-electron chi connectivity index (χ1n) is 9.39. The molecule has 0 saturated carbocycles. The molecule has 1 saturated heterocycles. The minimum atomic E-state index is -2.55. The smallest absolute Gasteiger partial charge is 0.272 e. The minimum absolute atomic E-state index is 0.334. The molecule has 164 valence electrons. The first-order valence-corrected chi connectivity index (χ1v) is 9.76. The van der Waals surface area contributed by atoms with Crippen LogP contribution in [0.4, 0.5) is 8.78 Å². The molecule has 1 heterocycles. The zero-order chi connectivity index (χ0) is 21.8. The Balaban J connectivity index is 1.77. The van der Waals surface area contributed by atoms with Crippen LogP contribution >= 0.6 is 11.6 Å². The van der Waals surface area contributed by atoms with Crippen LogP contribution in [0.15, 0.2) is 42.5 Å². The van der Waals surface area contributed by atoms with Crippen molar-refractivity contribution >= 4 is 11.6 Å². The molecule has 0 aliphatic carbocycles. The highest BCUT2D eigenvalue weighted by Crippen LogP contribution is 2.34. The molecule has 6 nitrogen and oxygen atoms in total. The summed E-state index contributed by atoms with van der Waals surface area (Å²) >= 11 is 6.30. The Labute approximate surface area is 177 Å². The van der Waals surface area contributed by atoms with Gasteiger partial charge in [-0.05, 0) is 41.3 Å². The number of hydrogen-bond acceptors (Lipinski definition) is 6. The SMILES string of the molecule is OCC1OC(c2ccc(Cl)c(Cc3ccc(OCC(F)F)cc3)c2)[C@H](O)C(O)[C@@H]1O. The number of ether oxygens (including phenoxy) is 2. The maximum Gasteiger partial charge on any atom is 0.272 e. The van der Waals surface area contributed by atoms with Gasteiger partial charge in [0.05, 0.1) is 6.61 Å². The fourth-order valence-electron chi connectivity index (χ4n) is 3.37. The van der Waals surface area contributed by atoms with E-state index in [1.165, 1.54) is 0 Å². The Kier molecular flexibility index (Phi) is 7.62. The molecule has 0 amide bonds. The van der Waals surface area contributed by atoms with E-state index in [0.29, 0.717) is 28.3 Å². The number of alkyl halides is 2. The minimum Gasteiger partial charge on any atom is -0.488 e. The van der Waals surface area contributed by atoms with Gasteiger partial charge in [0.2, 0.25) is 0 Å². The molecule has 30 heavy (non-hydrogen) atoms. The van der Waals surface area contributed by atoms with Crippen molar-refractivity contribution in [1.82, 2.24) is 0 Å². The van der Waals surface area contributed by atoms with Gasteiger partial charge in [-0.1, -0.05) is 35.9 Å². The lowest BCUT2D eigenvalue weighted by molar-refractivity contribution is -0.231. The largest absolute Gasteiger partial charge is 0.488 e. The molecule has 1 aliphatic heterocycles. The van der Waals surface area contributed by atoms with Crippen LogP contribution in [0.2, 0.25) is 5.02 Å². The fourth-order valence-corrected chi connectivity index (χ4v) is 3.55. The lowest BCUT2D eigenvalue weighted by atomic mass is 9.90. The molecule has 0 radical (unpaired) electrons. The van der Waals surface area contributed by atoms with Crippen LogP contribution in [-0.2, 0) is 11.2 Å². The van der Waals surface area contributed by atoms with Gasteiger partial charge in [0.15, 0.2) is 0 Å². The summed E-state index contributed by atoms with van der Waals surface area (Å²) in [5.41, 5.74) is 2.10. The summed E-state index contributed by atoms with van der Waals surface area (Å²) in [6, 6.07) is 11.6. The summed E-state index contributed by atoms with van der Waals surface area (Å²) in [5.74, 6) is 0.334. The molecule has 4 N–H and O–H groups in total. The number of aliphatic hydroxyl groups is 4. The topological polar surface area (TPSA) is 99.4 Å². The van der Waals surface area contributed by atoms with Crippen LogP contribution in [0.25, 0.3) is 0 Å². The maximum atomic E-state index is 12.2. The highest BCUT2D eigenvalue weighted by Gasteiger charge is 2.44. The van der Waals surface area contributed by atoms with Gasteiger partial charge in [0.25, 0.3) is 6.43 Å². The second-order valence-electron chi connectivity index (χ2n) is 7.12. The van der Waals surface area contributed by atoms with E-state index >= 15 is 0 Å². The van der Waals surface area contributed by atoms with E-state index in [1.807, 2.05) is 0 Å². The Bertz CT molecular complexity index is 833. The first-order chi connectivity index (χ1) is 14.3. The lowest BCUT2D eigenvalue weighted by Gasteiger charge is -2.40. The Morgan fingerprint density at radius 2 is 1.70 bits per heavy atom. The van der Waals surface area contributed by atoms with Crippen LogP contribution in [0, 0.1) is 0 Å². The third-order valence-electron chi connectivity index (χ3n) is 4.98. The lowest BCUT2D eigenvalue weighted by Crippen LogP contribution is -2.55. The normalized spacial score (nSPS) is 26.7. The Morgan fingerprint density at radius 3 is 2.33 bits per heavy atom. The van der Waals surface area contributed by atoms with Crippen molar-refractivity contribution in [3.8, 4) is 5.75 Å². The molecule has 3 unspecified atom stereocenters. The van der Waals surface area contributed by atoms with Crippen molar-refractivity contribution in [3.63, 3.8) is 0 Å². The van der Waals surface area contributed by atoms with Crippen LogP contribution < -0.4 is 4.74 Å². The molecule has 9 heteroatoms. The molecule has 2 aromatic rings. The summed E-state index contributed by atoms with van der Waals surface area (Å²) in [6.45, 7) is -1.19. The van der Waals surface area contributed by atoms with E-state index in [4.69, 9.17) is 21.1 Å². The van der Waals surface area contributed by atoms with E-state index in [0.717, 1.165) is 5.56 Å². The van der Waals surface area contributed by atoms with E-state index in [1.54, 1.807) is 42.5 Å². The third kappa shape index (κ3) is 5.26. The van der Waals surface area contributed by atoms with E-state index < -0.39 is 50.2 Å². The van der Waals surface area contributed by atoms with Gasteiger partial charge in [-0.25, -0.2) is 8.78 Å². The average molecular weight is 445 g/mol. The van der Waals surface area contributed by atoms with Crippen molar-refractivity contribution in [3.05, 3.63) is 64.2 Å². The predicted octanol–water partition coefficient (Wildman–Crippen LogP) is 2.09. The fraction of sp³-hybridized carbons (Fsp3) is 0.429. The van der Waals surface area contributed by atoms with Gasteiger partial charge in [-0.15, -0.1) is 0 Å². The third-order valence-corrected chi connectivity index (χ3v) is 5.35. The van der Waals surface area contributed by atoms with Crippen LogP contribution in [0.3, 0.4) is 0 Å². The average Bonchev–Trinajstić information content (AvgIpc) is 2.73. The summed E-state index contributed by atoms with van der Waals surface area (Å²) < 4.78 is 35.0. The van der Waals surface area contributed by atoms with Gasteiger partial charge >= 0.3 is 0 Å². The van der Waals surface area contributed by atoms with Gasteiger partial charge < -0.3 is 29.9 Å². The second kappa shape index (κ2) is 10.00. The summed E-state index contributed by atoms with van der Waals surface area (Å²) in [4.78, 5) is 0. The number of benzene rings is 2. The van der Waals surface area contributed by atoms with Crippen molar-refractivity contribution < 1.29 is 38.7 Å². The van der Waals surface area contributed by atoms with Gasteiger partial charge in [0, 0.05) is 5.02 Å². The molecule has 3 rings (SSSR count). The van der Waals surface area contributed by atoms with Gasteiger partial charge in [-0.2, -0.15) is 0 Å². The van der Waals surface area contributed by atoms with Gasteiger partial charge in [0.1, 0.15) is 42.9 Å². The molecule has 0 aromatic heterocycles. The molecule has 0 spiro atoms. The molecule has 1 aliphatic rings. The number of hydrogen-bond donors (Lipinski definition) is 4. The zero-order valence-electron chi connectivity index (χ0n) is 15.9. The number of aliphatic hydroxyl groups excluding tert-OH is 4. The zero-order valence-corrected chi connectivity index (χ0v) is 16.6. The predicted molar refractivity (Wildman–Crippen MR) is 105 cm³/mol. The maximum absolute atomic E-state index is 12.2. The molecular weight excluding hydrogens is 422 g/mol. The Morgan fingerprint density at radius 1 is 1.00 bits per heavy atom. The highest BCUT2D eigenvalue weighted by atomic mass is 35.5. The van der Waals surface area contributed by atoms with Crippen LogP contribution in [-0.4, -0.2) is 64.5 Å². The van der Waals surface area contributed by atoms with Crippen molar-refractivity contribution in [1.29, 1.82) is 0 Å². The van der Waals surface area contributed by atoms with E-state index in [2.05, 4.69) is 0 Å². The number of rotatable bonds is 7.